The van der Waals surface area contributed by atoms with E-state index in [4.69, 9.17) is 0 Å². The first-order valence-electron chi connectivity index (χ1n) is 9.77. The summed E-state index contributed by atoms with van der Waals surface area (Å²) in [6, 6.07) is 8.28. The number of hydrogen-bond donors (Lipinski definition) is 1. The van der Waals surface area contributed by atoms with Crippen molar-refractivity contribution >= 4 is 15.8 Å². The van der Waals surface area contributed by atoms with Crippen LogP contribution < -0.4 is 5.32 Å². The molecule has 0 radical (unpaired) electrons. The largest absolute Gasteiger partial charge is 0.390 e. The number of rotatable bonds is 8. The predicted molar refractivity (Wildman–Crippen MR) is 109 cm³/mol. The number of hydrogen-bond acceptors (Lipinski definition) is 6. The first-order chi connectivity index (χ1) is 13.8. The minimum Gasteiger partial charge on any atom is -0.358 e. The van der Waals surface area contributed by atoms with E-state index in [1.165, 1.54) is 6.07 Å². The monoisotopic (exact) mass is 421 g/mol. The smallest absolute Gasteiger partial charge is 0.358 e. The van der Waals surface area contributed by atoms with E-state index in [1.807, 2.05) is 6.92 Å². The third kappa shape index (κ3) is 5.01. The second-order valence-electron chi connectivity index (χ2n) is 7.39. The van der Waals surface area contributed by atoms with Gasteiger partial charge in [0.1, 0.15) is 0 Å². The minimum atomic E-state index is -3.62. The van der Waals surface area contributed by atoms with Crippen LogP contribution in [0.2, 0.25) is 0 Å². The van der Waals surface area contributed by atoms with E-state index in [0.29, 0.717) is 30.1 Å². The summed E-state index contributed by atoms with van der Waals surface area (Å²) in [5, 5.41) is 18.2. The zero-order valence-corrected chi connectivity index (χ0v) is 17.6. The van der Waals surface area contributed by atoms with Gasteiger partial charge in [-0.3, -0.25) is 0 Å². The molecule has 29 heavy (non-hydrogen) atoms. The van der Waals surface area contributed by atoms with Crippen LogP contribution in [0, 0.1) is 24.0 Å². The van der Waals surface area contributed by atoms with Gasteiger partial charge >= 0.3 is 5.82 Å². The zero-order valence-electron chi connectivity index (χ0n) is 16.7. The molecule has 1 aliphatic rings. The predicted octanol–water partition coefficient (Wildman–Crippen LogP) is 2.24. The number of nitro groups is 1. The maximum Gasteiger partial charge on any atom is 0.390 e. The summed E-state index contributed by atoms with van der Waals surface area (Å²) < 4.78 is 29.8. The molecule has 10 heteroatoms. The van der Waals surface area contributed by atoms with Crippen LogP contribution in [0.1, 0.15) is 30.5 Å². The number of benzene rings is 1. The third-order valence-electron chi connectivity index (χ3n) is 5.25. The molecule has 1 fully saturated rings. The fourth-order valence-electron chi connectivity index (χ4n) is 3.62. The molecular weight excluding hydrogens is 394 g/mol. The molecule has 1 aliphatic heterocycles. The molecule has 0 atom stereocenters. The Labute approximate surface area is 170 Å². The van der Waals surface area contributed by atoms with Crippen LogP contribution in [0.4, 0.5) is 5.82 Å². The van der Waals surface area contributed by atoms with Crippen LogP contribution in [-0.4, -0.2) is 53.1 Å². The number of nitrogens with one attached hydrogen (secondary N) is 1. The highest BCUT2D eigenvalue weighted by atomic mass is 32.2. The minimum absolute atomic E-state index is 0.0596. The van der Waals surface area contributed by atoms with Crippen molar-refractivity contribution in [3.8, 4) is 0 Å². The van der Waals surface area contributed by atoms with Crippen LogP contribution >= 0.6 is 0 Å². The van der Waals surface area contributed by atoms with Gasteiger partial charge in [-0.15, -0.1) is 0 Å². The van der Waals surface area contributed by atoms with Gasteiger partial charge < -0.3 is 15.4 Å². The van der Waals surface area contributed by atoms with E-state index >= 15 is 0 Å². The average molecular weight is 422 g/mol. The molecule has 9 nitrogen and oxygen atoms in total. The molecule has 158 valence electrons. The van der Waals surface area contributed by atoms with Crippen molar-refractivity contribution in [2.24, 2.45) is 0 Å². The summed E-state index contributed by atoms with van der Waals surface area (Å²) in [6.07, 6.45) is 2.05. The van der Waals surface area contributed by atoms with E-state index in [0.717, 1.165) is 31.5 Å². The number of sulfonamides is 1. The second-order valence-corrected chi connectivity index (χ2v) is 9.28. The number of nitrogens with zero attached hydrogens (tertiary/aromatic N) is 4. The van der Waals surface area contributed by atoms with Crippen molar-refractivity contribution in [2.75, 3.05) is 19.6 Å². The summed E-state index contributed by atoms with van der Waals surface area (Å²) in [4.78, 5) is 10.7. The van der Waals surface area contributed by atoms with E-state index in [2.05, 4.69) is 10.4 Å². The Hall–Kier alpha value is -2.30. The second kappa shape index (κ2) is 9.02. The fraction of sp³-hybridized carbons (Fsp3) is 0.526. The normalized spacial score (nSPS) is 15.7. The van der Waals surface area contributed by atoms with Gasteiger partial charge in [0.2, 0.25) is 10.0 Å². The lowest BCUT2D eigenvalue weighted by Gasteiger charge is -2.33. The molecule has 1 N–H and O–H groups in total. The third-order valence-corrected chi connectivity index (χ3v) is 7.21. The Morgan fingerprint density at radius 3 is 2.48 bits per heavy atom. The van der Waals surface area contributed by atoms with Gasteiger partial charge in [-0.25, -0.2) is 8.42 Å². The Morgan fingerprint density at radius 1 is 1.24 bits per heavy atom. The molecule has 2 heterocycles. The van der Waals surface area contributed by atoms with Crippen molar-refractivity contribution in [2.45, 2.75) is 50.6 Å². The molecule has 0 saturated carbocycles. The molecule has 2 aromatic rings. The van der Waals surface area contributed by atoms with Crippen LogP contribution in [0.15, 0.2) is 35.2 Å². The summed E-state index contributed by atoms with van der Waals surface area (Å²) in [7, 11) is -3.62. The molecule has 1 aromatic heterocycles. The summed E-state index contributed by atoms with van der Waals surface area (Å²) >= 11 is 0. The highest BCUT2D eigenvalue weighted by Gasteiger charge is 2.32. The quantitative estimate of drug-likeness (QED) is 0.517. The van der Waals surface area contributed by atoms with Gasteiger partial charge in [0, 0.05) is 12.6 Å². The lowest BCUT2D eigenvalue weighted by molar-refractivity contribution is -0.389. The van der Waals surface area contributed by atoms with Crippen molar-refractivity contribution < 1.29 is 13.3 Å². The highest BCUT2D eigenvalue weighted by Crippen LogP contribution is 2.23. The lowest BCUT2D eigenvalue weighted by atomic mass is 10.1. The van der Waals surface area contributed by atoms with Gasteiger partial charge in [-0.1, -0.05) is 17.7 Å². The Morgan fingerprint density at radius 2 is 1.90 bits per heavy atom. The van der Waals surface area contributed by atoms with Crippen molar-refractivity contribution in [1.82, 2.24) is 19.4 Å². The SMILES string of the molecule is Cc1ccc(S(=O)(=O)N(CCCn2nc([N+](=O)[O-])cc2C)C2CCNCC2)cc1. The molecule has 1 aromatic carbocycles. The first kappa shape index (κ1) is 21.4. The fourth-order valence-corrected chi connectivity index (χ4v) is 5.35. The van der Waals surface area contributed by atoms with Crippen LogP contribution in [0.5, 0.6) is 0 Å². The Bertz CT molecular complexity index is 949. The van der Waals surface area contributed by atoms with Crippen LogP contribution in [0.25, 0.3) is 0 Å². The van der Waals surface area contributed by atoms with E-state index in [9.17, 15) is 18.5 Å². The Balaban J connectivity index is 1.77. The molecule has 0 spiro atoms. The molecule has 1 saturated heterocycles. The average Bonchev–Trinajstić information content (AvgIpc) is 3.07. The van der Waals surface area contributed by atoms with Gasteiger partial charge in [-0.05, 0) is 63.3 Å². The lowest BCUT2D eigenvalue weighted by Crippen LogP contribution is -2.46. The summed E-state index contributed by atoms with van der Waals surface area (Å²) in [6.45, 7) is 6.02. The number of piperidine rings is 1. The molecule has 0 unspecified atom stereocenters. The first-order valence-corrected chi connectivity index (χ1v) is 11.2. The topological polar surface area (TPSA) is 110 Å². The van der Waals surface area contributed by atoms with Crippen molar-refractivity contribution in [1.29, 1.82) is 0 Å². The van der Waals surface area contributed by atoms with E-state index in [-0.39, 0.29) is 11.9 Å². The van der Waals surface area contributed by atoms with Crippen LogP contribution in [0.3, 0.4) is 0 Å². The van der Waals surface area contributed by atoms with Crippen LogP contribution in [-0.2, 0) is 16.6 Å². The maximum absolute atomic E-state index is 13.3. The molecule has 0 amide bonds. The van der Waals surface area contributed by atoms with E-state index < -0.39 is 14.9 Å². The molecule has 0 bridgehead atoms. The summed E-state index contributed by atoms with van der Waals surface area (Å²) in [5.74, 6) is -0.190. The van der Waals surface area contributed by atoms with Gasteiger partial charge in [0.05, 0.1) is 28.3 Å². The van der Waals surface area contributed by atoms with Crippen molar-refractivity contribution in [3.05, 3.63) is 51.7 Å². The molecule has 3 rings (SSSR count). The molecular formula is C19H27N5O4S. The summed E-state index contributed by atoms with van der Waals surface area (Å²) in [5.41, 5.74) is 1.69. The zero-order chi connectivity index (χ0) is 21.0. The Kier molecular flexibility index (Phi) is 6.66. The number of aromatic nitrogens is 2. The molecule has 0 aliphatic carbocycles. The standard InChI is InChI=1S/C19H27N5O4S/c1-15-4-6-18(7-5-15)29(27,28)23(17-8-10-20-11-9-17)13-3-12-22-16(2)14-19(21-22)24(25)26/h4-7,14,17,20H,3,8-13H2,1-2H3. The number of aryl methyl sites for hydroxylation is 3. The van der Waals surface area contributed by atoms with Gasteiger partial charge in [-0.2, -0.15) is 8.99 Å². The van der Waals surface area contributed by atoms with Gasteiger partial charge in [0.15, 0.2) is 0 Å². The van der Waals surface area contributed by atoms with E-state index in [1.54, 1.807) is 40.2 Å². The van der Waals surface area contributed by atoms with Gasteiger partial charge in [0.25, 0.3) is 0 Å². The highest BCUT2D eigenvalue weighted by molar-refractivity contribution is 7.89. The maximum atomic E-state index is 13.3. The van der Waals surface area contributed by atoms with Crippen molar-refractivity contribution in [3.63, 3.8) is 0 Å².